The zero-order chi connectivity index (χ0) is 15.2. The number of halogens is 1. The van der Waals surface area contributed by atoms with Gasteiger partial charge >= 0.3 is 0 Å². The van der Waals surface area contributed by atoms with Crippen LogP contribution in [-0.4, -0.2) is 36.6 Å². The summed E-state index contributed by atoms with van der Waals surface area (Å²) in [6, 6.07) is 5.95. The first-order chi connectivity index (χ1) is 10.1. The molecule has 122 valence electrons. The average Bonchev–Trinajstić information content (AvgIpc) is 2.48. The summed E-state index contributed by atoms with van der Waals surface area (Å²) in [5, 5.41) is 16.9. The number of nitrogens with zero attached hydrogens (tertiary/aromatic N) is 1. The number of non-ortho nitro benzene ring substituents is 1. The SMILES string of the molecule is CC1CNCCC1NC(=O)COc1cccc([N+](=O)[O-])c1.Cl. The molecular formula is C14H20ClN3O4. The number of hydrogen-bond donors (Lipinski definition) is 2. The van der Waals surface area contributed by atoms with Crippen molar-refractivity contribution in [3.05, 3.63) is 34.4 Å². The number of piperidine rings is 1. The highest BCUT2D eigenvalue weighted by Gasteiger charge is 2.22. The third-order valence-corrected chi connectivity index (χ3v) is 3.53. The molecule has 2 N–H and O–H groups in total. The second-order valence-corrected chi connectivity index (χ2v) is 5.19. The van der Waals surface area contributed by atoms with E-state index in [1.807, 2.05) is 0 Å². The van der Waals surface area contributed by atoms with Gasteiger partial charge in [0.2, 0.25) is 0 Å². The zero-order valence-corrected chi connectivity index (χ0v) is 13.1. The molecule has 1 fully saturated rings. The molecule has 1 heterocycles. The highest BCUT2D eigenvalue weighted by atomic mass is 35.5. The first kappa shape index (κ1) is 18.2. The maximum atomic E-state index is 11.9. The molecule has 0 aliphatic carbocycles. The number of carbonyl (C=O) groups excluding carboxylic acids is 1. The molecule has 1 aromatic rings. The van der Waals surface area contributed by atoms with Gasteiger partial charge in [-0.05, 0) is 31.5 Å². The average molecular weight is 330 g/mol. The second kappa shape index (κ2) is 8.55. The van der Waals surface area contributed by atoms with Gasteiger partial charge in [-0.3, -0.25) is 14.9 Å². The summed E-state index contributed by atoms with van der Waals surface area (Å²) in [7, 11) is 0. The van der Waals surface area contributed by atoms with Gasteiger partial charge < -0.3 is 15.4 Å². The quantitative estimate of drug-likeness (QED) is 0.631. The normalized spacial score (nSPS) is 20.6. The summed E-state index contributed by atoms with van der Waals surface area (Å²) in [5.74, 6) is 0.485. The van der Waals surface area contributed by atoms with E-state index in [0.717, 1.165) is 19.5 Å². The van der Waals surface area contributed by atoms with Crippen LogP contribution in [0.15, 0.2) is 24.3 Å². The van der Waals surface area contributed by atoms with E-state index in [9.17, 15) is 14.9 Å². The molecule has 2 rings (SSSR count). The highest BCUT2D eigenvalue weighted by molar-refractivity contribution is 5.85. The van der Waals surface area contributed by atoms with Crippen molar-refractivity contribution in [1.29, 1.82) is 0 Å². The van der Waals surface area contributed by atoms with E-state index in [0.29, 0.717) is 11.7 Å². The van der Waals surface area contributed by atoms with Crippen LogP contribution in [0.5, 0.6) is 5.75 Å². The van der Waals surface area contributed by atoms with Crippen molar-refractivity contribution in [2.45, 2.75) is 19.4 Å². The number of rotatable bonds is 5. The Bertz CT molecular complexity index is 527. The fourth-order valence-corrected chi connectivity index (χ4v) is 2.31. The van der Waals surface area contributed by atoms with E-state index >= 15 is 0 Å². The standard InChI is InChI=1S/C14H19N3O4.ClH/c1-10-8-15-6-5-13(10)16-14(18)9-21-12-4-2-3-11(7-12)17(19)20;/h2-4,7,10,13,15H,5-6,8-9H2,1H3,(H,16,18);1H. The van der Waals surface area contributed by atoms with Crippen molar-refractivity contribution in [2.75, 3.05) is 19.7 Å². The number of ether oxygens (including phenoxy) is 1. The smallest absolute Gasteiger partial charge is 0.273 e. The van der Waals surface area contributed by atoms with Gasteiger partial charge in [-0.2, -0.15) is 0 Å². The van der Waals surface area contributed by atoms with Gasteiger partial charge in [0, 0.05) is 12.1 Å². The molecule has 1 amide bonds. The molecule has 7 nitrogen and oxygen atoms in total. The molecule has 2 atom stereocenters. The molecule has 1 aliphatic heterocycles. The molecule has 0 aromatic heterocycles. The first-order valence-corrected chi connectivity index (χ1v) is 6.93. The molecule has 1 aliphatic rings. The Kier molecular flexibility index (Phi) is 7.07. The first-order valence-electron chi connectivity index (χ1n) is 6.93. The maximum absolute atomic E-state index is 11.9. The lowest BCUT2D eigenvalue weighted by atomic mass is 9.95. The van der Waals surface area contributed by atoms with E-state index in [1.54, 1.807) is 6.07 Å². The van der Waals surface area contributed by atoms with Crippen molar-refractivity contribution in [3.8, 4) is 5.75 Å². The Hall–Kier alpha value is -1.86. The summed E-state index contributed by atoms with van der Waals surface area (Å²) in [4.78, 5) is 22.0. The minimum absolute atomic E-state index is 0. The lowest BCUT2D eigenvalue weighted by Gasteiger charge is -2.30. The number of amides is 1. The minimum atomic E-state index is -0.496. The summed E-state index contributed by atoms with van der Waals surface area (Å²) in [6.45, 7) is 3.72. The summed E-state index contributed by atoms with van der Waals surface area (Å²) < 4.78 is 5.30. The summed E-state index contributed by atoms with van der Waals surface area (Å²) in [6.07, 6.45) is 0.893. The zero-order valence-electron chi connectivity index (χ0n) is 12.3. The highest BCUT2D eigenvalue weighted by Crippen LogP contribution is 2.19. The number of hydrogen-bond acceptors (Lipinski definition) is 5. The third kappa shape index (κ3) is 5.16. The molecule has 0 spiro atoms. The molecule has 1 saturated heterocycles. The second-order valence-electron chi connectivity index (χ2n) is 5.19. The van der Waals surface area contributed by atoms with E-state index in [-0.39, 0.29) is 36.7 Å². The molecule has 0 bridgehead atoms. The molecule has 22 heavy (non-hydrogen) atoms. The van der Waals surface area contributed by atoms with Crippen LogP contribution in [-0.2, 0) is 4.79 Å². The number of benzene rings is 1. The maximum Gasteiger partial charge on any atom is 0.273 e. The number of nitro benzene ring substituents is 1. The summed E-state index contributed by atoms with van der Waals surface area (Å²) >= 11 is 0. The lowest BCUT2D eigenvalue weighted by Crippen LogP contribution is -2.49. The third-order valence-electron chi connectivity index (χ3n) is 3.53. The van der Waals surface area contributed by atoms with Crippen LogP contribution >= 0.6 is 12.4 Å². The minimum Gasteiger partial charge on any atom is -0.484 e. The van der Waals surface area contributed by atoms with E-state index < -0.39 is 4.92 Å². The Balaban J connectivity index is 0.00000242. The lowest BCUT2D eigenvalue weighted by molar-refractivity contribution is -0.384. The van der Waals surface area contributed by atoms with E-state index in [4.69, 9.17) is 4.74 Å². The molecular weight excluding hydrogens is 310 g/mol. The monoisotopic (exact) mass is 329 g/mol. The van der Waals surface area contributed by atoms with Crippen molar-refractivity contribution in [1.82, 2.24) is 10.6 Å². The number of nitrogens with one attached hydrogen (secondary N) is 2. The van der Waals surface area contributed by atoms with Gasteiger partial charge in [-0.1, -0.05) is 13.0 Å². The molecule has 8 heteroatoms. The van der Waals surface area contributed by atoms with Crippen molar-refractivity contribution < 1.29 is 14.5 Å². The Labute approximate surface area is 135 Å². The van der Waals surface area contributed by atoms with Gasteiger partial charge in [0.15, 0.2) is 6.61 Å². The molecule has 0 saturated carbocycles. The molecule has 0 radical (unpaired) electrons. The summed E-state index contributed by atoms with van der Waals surface area (Å²) in [5.41, 5.74) is -0.0557. The van der Waals surface area contributed by atoms with Crippen LogP contribution in [0.4, 0.5) is 5.69 Å². The van der Waals surface area contributed by atoms with E-state index in [2.05, 4.69) is 17.6 Å². The van der Waals surface area contributed by atoms with Crippen LogP contribution in [0.3, 0.4) is 0 Å². The van der Waals surface area contributed by atoms with Crippen molar-refractivity contribution >= 4 is 24.0 Å². The predicted molar refractivity (Wildman–Crippen MR) is 84.4 cm³/mol. The Morgan fingerprint density at radius 2 is 2.32 bits per heavy atom. The van der Waals surface area contributed by atoms with Gasteiger partial charge in [0.1, 0.15) is 5.75 Å². The molecule has 1 aromatic carbocycles. The van der Waals surface area contributed by atoms with Gasteiger partial charge in [0.05, 0.1) is 11.0 Å². The number of nitro groups is 1. The largest absolute Gasteiger partial charge is 0.484 e. The molecule has 2 unspecified atom stereocenters. The fourth-order valence-electron chi connectivity index (χ4n) is 2.31. The van der Waals surface area contributed by atoms with Crippen molar-refractivity contribution in [2.24, 2.45) is 5.92 Å². The Morgan fingerprint density at radius 1 is 1.55 bits per heavy atom. The fraction of sp³-hybridized carbons (Fsp3) is 0.500. The number of carbonyl (C=O) groups is 1. The van der Waals surface area contributed by atoms with Gasteiger partial charge in [-0.25, -0.2) is 0 Å². The van der Waals surface area contributed by atoms with Crippen molar-refractivity contribution in [3.63, 3.8) is 0 Å². The van der Waals surface area contributed by atoms with Crippen LogP contribution < -0.4 is 15.4 Å². The Morgan fingerprint density at radius 3 is 3.00 bits per heavy atom. The van der Waals surface area contributed by atoms with Crippen LogP contribution in [0, 0.1) is 16.0 Å². The van der Waals surface area contributed by atoms with Crippen LogP contribution in [0.1, 0.15) is 13.3 Å². The predicted octanol–water partition coefficient (Wildman–Crippen LogP) is 1.51. The van der Waals surface area contributed by atoms with Crippen LogP contribution in [0.25, 0.3) is 0 Å². The van der Waals surface area contributed by atoms with Gasteiger partial charge in [-0.15, -0.1) is 12.4 Å². The topological polar surface area (TPSA) is 93.5 Å². The van der Waals surface area contributed by atoms with E-state index in [1.165, 1.54) is 18.2 Å². The van der Waals surface area contributed by atoms with Gasteiger partial charge in [0.25, 0.3) is 11.6 Å². The van der Waals surface area contributed by atoms with Crippen LogP contribution in [0.2, 0.25) is 0 Å².